The molecule has 4 rings (SSSR count). The number of halogens is 2. The Hall–Kier alpha value is -2.54. The van der Waals surface area contributed by atoms with Gasteiger partial charge in [-0.2, -0.15) is 0 Å². The minimum Gasteiger partial charge on any atom is -0.352 e. The van der Waals surface area contributed by atoms with Gasteiger partial charge in [-0.3, -0.25) is 4.79 Å². The lowest BCUT2D eigenvalue weighted by atomic mass is 10.00. The predicted molar refractivity (Wildman–Crippen MR) is 98.3 cm³/mol. The van der Waals surface area contributed by atoms with E-state index in [0.717, 1.165) is 21.4 Å². The van der Waals surface area contributed by atoms with Crippen LogP contribution in [-0.2, 0) is 11.3 Å². The first-order chi connectivity index (χ1) is 12.5. The molecule has 26 heavy (non-hydrogen) atoms. The van der Waals surface area contributed by atoms with Crippen LogP contribution in [-0.4, -0.2) is 24.0 Å². The first-order valence-corrected chi connectivity index (χ1v) is 9.15. The topological polar surface area (TPSA) is 45.2 Å². The third-order valence-electron chi connectivity index (χ3n) is 4.52. The number of thiazole rings is 1. The van der Waals surface area contributed by atoms with Crippen LogP contribution in [0.4, 0.5) is 13.9 Å². The highest BCUT2D eigenvalue weighted by Crippen LogP contribution is 2.33. The van der Waals surface area contributed by atoms with Gasteiger partial charge >= 0.3 is 0 Å². The van der Waals surface area contributed by atoms with Crippen molar-refractivity contribution < 1.29 is 13.6 Å². The van der Waals surface area contributed by atoms with Crippen LogP contribution in [0.1, 0.15) is 11.1 Å². The molecule has 0 radical (unpaired) electrons. The van der Waals surface area contributed by atoms with E-state index in [1.54, 1.807) is 11.3 Å². The number of hydrogen-bond donors (Lipinski definition) is 1. The van der Waals surface area contributed by atoms with E-state index >= 15 is 0 Å². The van der Waals surface area contributed by atoms with Crippen LogP contribution in [0.3, 0.4) is 0 Å². The van der Waals surface area contributed by atoms with Crippen LogP contribution in [0.2, 0.25) is 0 Å². The van der Waals surface area contributed by atoms with E-state index in [1.165, 1.54) is 17.7 Å². The Labute approximate surface area is 153 Å². The maximum Gasteiger partial charge on any atom is 0.226 e. The number of aryl methyl sites for hydroxylation is 1. The van der Waals surface area contributed by atoms with Crippen molar-refractivity contribution in [3.8, 4) is 0 Å². The Balaban J connectivity index is 1.34. The molecule has 1 amide bonds. The number of carbonyl (C=O) groups excluding carboxylic acids is 1. The number of carbonyl (C=O) groups is 1. The van der Waals surface area contributed by atoms with Crippen molar-refractivity contribution in [2.45, 2.75) is 13.5 Å². The second kappa shape index (κ2) is 6.64. The average Bonchev–Trinajstić information content (AvgIpc) is 2.95. The van der Waals surface area contributed by atoms with Gasteiger partial charge in [-0.1, -0.05) is 23.5 Å². The molecule has 0 aliphatic carbocycles. The van der Waals surface area contributed by atoms with Crippen molar-refractivity contribution in [3.05, 3.63) is 59.2 Å². The molecule has 1 aromatic heterocycles. The molecule has 1 aliphatic heterocycles. The van der Waals surface area contributed by atoms with Gasteiger partial charge in [0.25, 0.3) is 0 Å². The molecule has 1 fully saturated rings. The lowest BCUT2D eigenvalue weighted by Crippen LogP contribution is -2.53. The molecule has 0 unspecified atom stereocenters. The molecule has 4 nitrogen and oxygen atoms in total. The first-order valence-electron chi connectivity index (χ1n) is 8.33. The number of amides is 1. The van der Waals surface area contributed by atoms with Crippen molar-refractivity contribution in [3.63, 3.8) is 0 Å². The van der Waals surface area contributed by atoms with Gasteiger partial charge in [0.15, 0.2) is 5.13 Å². The minimum atomic E-state index is -0.648. The van der Waals surface area contributed by atoms with Gasteiger partial charge in [-0.05, 0) is 30.7 Å². The molecular weight excluding hydrogens is 356 g/mol. The van der Waals surface area contributed by atoms with Crippen LogP contribution in [0, 0.1) is 24.5 Å². The van der Waals surface area contributed by atoms with Crippen molar-refractivity contribution in [1.82, 2.24) is 10.3 Å². The number of nitrogens with one attached hydrogen (secondary N) is 1. The van der Waals surface area contributed by atoms with E-state index in [0.29, 0.717) is 13.1 Å². The van der Waals surface area contributed by atoms with E-state index in [9.17, 15) is 13.6 Å². The second-order valence-corrected chi connectivity index (χ2v) is 7.53. The zero-order valence-electron chi connectivity index (χ0n) is 14.1. The van der Waals surface area contributed by atoms with E-state index < -0.39 is 11.6 Å². The zero-order valence-corrected chi connectivity index (χ0v) is 14.9. The summed E-state index contributed by atoms with van der Waals surface area (Å²) in [5.74, 6) is -1.54. The van der Waals surface area contributed by atoms with Gasteiger partial charge in [-0.15, -0.1) is 0 Å². The molecule has 0 saturated carbocycles. The highest BCUT2D eigenvalue weighted by molar-refractivity contribution is 7.22. The molecule has 0 bridgehead atoms. The SMILES string of the molecule is Cc1ccc2nc(N3CC(C(=O)NCc4ccc(F)cc4F)C3)sc2c1. The Kier molecular flexibility index (Phi) is 4.32. The maximum absolute atomic E-state index is 13.6. The number of aromatic nitrogens is 1. The Bertz CT molecular complexity index is 982. The highest BCUT2D eigenvalue weighted by Gasteiger charge is 2.34. The molecule has 2 aromatic carbocycles. The van der Waals surface area contributed by atoms with Gasteiger partial charge in [0.1, 0.15) is 11.6 Å². The molecule has 1 saturated heterocycles. The van der Waals surface area contributed by atoms with Crippen molar-refractivity contribution in [2.75, 3.05) is 18.0 Å². The van der Waals surface area contributed by atoms with Crippen LogP contribution in [0.5, 0.6) is 0 Å². The van der Waals surface area contributed by atoms with Crippen LogP contribution in [0.25, 0.3) is 10.2 Å². The van der Waals surface area contributed by atoms with Crippen LogP contribution >= 0.6 is 11.3 Å². The Morgan fingerprint density at radius 2 is 2.08 bits per heavy atom. The zero-order chi connectivity index (χ0) is 18.3. The highest BCUT2D eigenvalue weighted by atomic mass is 32.1. The lowest BCUT2D eigenvalue weighted by Gasteiger charge is -2.37. The smallest absolute Gasteiger partial charge is 0.226 e. The molecule has 134 valence electrons. The van der Waals surface area contributed by atoms with Gasteiger partial charge in [0.05, 0.1) is 16.1 Å². The summed E-state index contributed by atoms with van der Waals surface area (Å²) in [6, 6.07) is 9.50. The van der Waals surface area contributed by atoms with E-state index in [1.807, 2.05) is 19.1 Å². The van der Waals surface area contributed by atoms with Crippen LogP contribution in [0.15, 0.2) is 36.4 Å². The van der Waals surface area contributed by atoms with Gasteiger partial charge in [-0.25, -0.2) is 13.8 Å². The second-order valence-electron chi connectivity index (χ2n) is 6.52. The van der Waals surface area contributed by atoms with E-state index in [2.05, 4.69) is 21.3 Å². The monoisotopic (exact) mass is 373 g/mol. The Morgan fingerprint density at radius 1 is 1.27 bits per heavy atom. The summed E-state index contributed by atoms with van der Waals surface area (Å²) in [4.78, 5) is 18.9. The van der Waals surface area contributed by atoms with Gasteiger partial charge in [0.2, 0.25) is 5.91 Å². The predicted octanol–water partition coefficient (Wildman–Crippen LogP) is 3.64. The van der Waals surface area contributed by atoms with Crippen molar-refractivity contribution in [1.29, 1.82) is 0 Å². The quantitative estimate of drug-likeness (QED) is 0.760. The van der Waals surface area contributed by atoms with Gasteiger partial charge < -0.3 is 10.2 Å². The van der Waals surface area contributed by atoms with Gasteiger partial charge in [0, 0.05) is 31.3 Å². The van der Waals surface area contributed by atoms with E-state index in [4.69, 9.17) is 0 Å². The molecule has 1 N–H and O–H groups in total. The minimum absolute atomic E-state index is 0.0574. The summed E-state index contributed by atoms with van der Waals surface area (Å²) in [6.07, 6.45) is 0. The molecule has 7 heteroatoms. The third-order valence-corrected chi connectivity index (χ3v) is 5.60. The molecule has 1 aliphatic rings. The number of benzene rings is 2. The van der Waals surface area contributed by atoms with Crippen molar-refractivity contribution in [2.24, 2.45) is 5.92 Å². The standard InChI is InChI=1S/C19H17F2N3OS/c1-11-2-5-16-17(6-11)26-19(23-16)24-9-13(10-24)18(25)22-8-12-3-4-14(20)7-15(12)21/h2-7,13H,8-10H2,1H3,(H,22,25). The van der Waals surface area contributed by atoms with E-state index in [-0.39, 0.29) is 23.9 Å². The molecule has 0 spiro atoms. The molecule has 3 aromatic rings. The summed E-state index contributed by atoms with van der Waals surface area (Å²) < 4.78 is 27.6. The summed E-state index contributed by atoms with van der Waals surface area (Å²) >= 11 is 1.62. The summed E-state index contributed by atoms with van der Waals surface area (Å²) in [5, 5.41) is 3.64. The number of rotatable bonds is 4. The number of fused-ring (bicyclic) bond motifs is 1. The Morgan fingerprint density at radius 3 is 2.85 bits per heavy atom. The number of hydrogen-bond acceptors (Lipinski definition) is 4. The normalized spacial score (nSPS) is 14.5. The molecule has 2 heterocycles. The lowest BCUT2D eigenvalue weighted by molar-refractivity contribution is -0.125. The summed E-state index contributed by atoms with van der Waals surface area (Å²) in [5.41, 5.74) is 2.44. The molecular formula is C19H17F2N3OS. The fourth-order valence-corrected chi connectivity index (χ4v) is 4.03. The fraction of sp³-hybridized carbons (Fsp3) is 0.263. The fourth-order valence-electron chi connectivity index (χ4n) is 2.95. The average molecular weight is 373 g/mol. The number of nitrogens with zero attached hydrogens (tertiary/aromatic N) is 2. The third kappa shape index (κ3) is 3.26. The molecule has 0 atom stereocenters. The number of anilines is 1. The summed E-state index contributed by atoms with van der Waals surface area (Å²) in [6.45, 7) is 3.29. The summed E-state index contributed by atoms with van der Waals surface area (Å²) in [7, 11) is 0. The largest absolute Gasteiger partial charge is 0.352 e. The van der Waals surface area contributed by atoms with Crippen LogP contribution < -0.4 is 10.2 Å². The maximum atomic E-state index is 13.6. The van der Waals surface area contributed by atoms with Crippen molar-refractivity contribution >= 4 is 32.6 Å². The first kappa shape index (κ1) is 16.9.